The Morgan fingerprint density at radius 2 is 1.83 bits per heavy atom. The molecule has 0 spiro atoms. The van der Waals surface area contributed by atoms with Crippen molar-refractivity contribution in [3.63, 3.8) is 0 Å². The number of nitrogens with one attached hydrogen (secondary N) is 2. The molecule has 3 aliphatic rings. The van der Waals surface area contributed by atoms with Crippen LogP contribution in [0.15, 0.2) is 0 Å². The maximum absolute atomic E-state index is 11.9. The summed E-state index contributed by atoms with van der Waals surface area (Å²) in [5.41, 5.74) is -0.423. The second-order valence-electron chi connectivity index (χ2n) is 8.95. The third-order valence-corrected chi connectivity index (χ3v) is 5.51. The van der Waals surface area contributed by atoms with E-state index in [0.717, 1.165) is 17.8 Å². The molecule has 0 saturated heterocycles. The number of rotatable bonds is 6. The van der Waals surface area contributed by atoms with Gasteiger partial charge in [-0.3, -0.25) is 0 Å². The van der Waals surface area contributed by atoms with Crippen LogP contribution in [0.25, 0.3) is 0 Å². The van der Waals surface area contributed by atoms with E-state index >= 15 is 0 Å². The zero-order valence-electron chi connectivity index (χ0n) is 15.1. The lowest BCUT2D eigenvalue weighted by molar-refractivity contribution is 0.0519. The topological polar surface area (TPSA) is 50.4 Å². The van der Waals surface area contributed by atoms with Crippen LogP contribution in [0.2, 0.25) is 0 Å². The summed E-state index contributed by atoms with van der Waals surface area (Å²) in [5.74, 6) is 2.73. The van der Waals surface area contributed by atoms with Gasteiger partial charge in [0.05, 0.1) is 0 Å². The zero-order chi connectivity index (χ0) is 16.4. The first-order chi connectivity index (χ1) is 10.9. The first kappa shape index (κ1) is 17.1. The van der Waals surface area contributed by atoms with Crippen molar-refractivity contribution in [1.82, 2.24) is 10.6 Å². The molecule has 3 atom stereocenters. The van der Waals surface area contributed by atoms with Crippen LogP contribution in [-0.2, 0) is 4.74 Å². The van der Waals surface area contributed by atoms with Crippen molar-refractivity contribution < 1.29 is 9.53 Å². The van der Waals surface area contributed by atoms with E-state index in [0.29, 0.717) is 18.6 Å². The van der Waals surface area contributed by atoms with E-state index in [1.807, 2.05) is 20.8 Å². The summed E-state index contributed by atoms with van der Waals surface area (Å²) in [4.78, 5) is 11.9. The number of ether oxygens (including phenoxy) is 1. The SMILES string of the molecule is CC(C)(C)OC(=O)NCC(NC1CCCC(C2CC2)C1)C1CC1. The van der Waals surface area contributed by atoms with E-state index < -0.39 is 5.60 Å². The first-order valence-electron chi connectivity index (χ1n) is 9.63. The van der Waals surface area contributed by atoms with Crippen molar-refractivity contribution >= 4 is 6.09 Å². The lowest BCUT2D eigenvalue weighted by atomic mass is 9.82. The molecule has 3 unspecified atom stereocenters. The highest BCUT2D eigenvalue weighted by Crippen LogP contribution is 2.44. The van der Waals surface area contributed by atoms with Crippen molar-refractivity contribution in [2.24, 2.45) is 17.8 Å². The quantitative estimate of drug-likeness (QED) is 0.781. The van der Waals surface area contributed by atoms with Gasteiger partial charge in [0, 0.05) is 18.6 Å². The molecule has 0 aliphatic heterocycles. The molecular formula is C19H34N2O2. The van der Waals surface area contributed by atoms with E-state index in [1.54, 1.807) is 0 Å². The number of hydrogen-bond donors (Lipinski definition) is 2. The molecule has 0 radical (unpaired) electrons. The molecule has 3 fully saturated rings. The van der Waals surface area contributed by atoms with Crippen LogP contribution >= 0.6 is 0 Å². The van der Waals surface area contributed by atoms with Gasteiger partial charge in [-0.05, 0) is 77.0 Å². The maximum atomic E-state index is 11.9. The van der Waals surface area contributed by atoms with Crippen molar-refractivity contribution in [3.8, 4) is 0 Å². The van der Waals surface area contributed by atoms with Crippen LogP contribution in [0.5, 0.6) is 0 Å². The van der Waals surface area contributed by atoms with E-state index in [2.05, 4.69) is 10.6 Å². The van der Waals surface area contributed by atoms with E-state index in [-0.39, 0.29) is 6.09 Å². The normalized spacial score (nSPS) is 29.9. The fraction of sp³-hybridized carbons (Fsp3) is 0.947. The van der Waals surface area contributed by atoms with Crippen LogP contribution < -0.4 is 10.6 Å². The van der Waals surface area contributed by atoms with E-state index in [1.165, 1.54) is 51.4 Å². The van der Waals surface area contributed by atoms with Gasteiger partial charge in [0.2, 0.25) is 0 Å². The summed E-state index contributed by atoms with van der Waals surface area (Å²) in [5, 5.41) is 6.85. The minimum absolute atomic E-state index is 0.288. The van der Waals surface area contributed by atoms with Crippen LogP contribution in [-0.4, -0.2) is 30.3 Å². The Kier molecular flexibility index (Phi) is 5.19. The third kappa shape index (κ3) is 5.66. The summed E-state index contributed by atoms with van der Waals surface area (Å²) in [6, 6.07) is 1.07. The second-order valence-corrected chi connectivity index (χ2v) is 8.95. The second kappa shape index (κ2) is 7.00. The molecule has 2 N–H and O–H groups in total. The van der Waals surface area contributed by atoms with Crippen LogP contribution in [0.4, 0.5) is 4.79 Å². The molecule has 0 bridgehead atoms. The summed E-state index contributed by atoms with van der Waals surface area (Å²) in [7, 11) is 0. The van der Waals surface area contributed by atoms with Crippen molar-refractivity contribution in [1.29, 1.82) is 0 Å². The Labute approximate surface area is 141 Å². The molecule has 4 nitrogen and oxygen atoms in total. The fourth-order valence-corrected chi connectivity index (χ4v) is 4.05. The van der Waals surface area contributed by atoms with E-state index in [4.69, 9.17) is 4.74 Å². The molecule has 23 heavy (non-hydrogen) atoms. The minimum Gasteiger partial charge on any atom is -0.444 e. The lowest BCUT2D eigenvalue weighted by Gasteiger charge is -2.33. The number of carbonyl (C=O) groups is 1. The lowest BCUT2D eigenvalue weighted by Crippen LogP contribution is -2.49. The summed E-state index contributed by atoms with van der Waals surface area (Å²) >= 11 is 0. The largest absolute Gasteiger partial charge is 0.444 e. The highest BCUT2D eigenvalue weighted by Gasteiger charge is 2.37. The van der Waals surface area contributed by atoms with Crippen molar-refractivity contribution in [2.75, 3.05) is 6.54 Å². The number of alkyl carbamates (subject to hydrolysis) is 1. The van der Waals surface area contributed by atoms with Gasteiger partial charge in [-0.2, -0.15) is 0 Å². The van der Waals surface area contributed by atoms with Gasteiger partial charge in [0.25, 0.3) is 0 Å². The number of hydrogen-bond acceptors (Lipinski definition) is 3. The summed E-state index contributed by atoms with van der Waals surface area (Å²) in [6.45, 7) is 6.42. The Bertz CT molecular complexity index is 410. The number of amides is 1. The van der Waals surface area contributed by atoms with Crippen LogP contribution in [0.1, 0.15) is 72.1 Å². The molecule has 132 valence electrons. The molecule has 3 aliphatic carbocycles. The third-order valence-electron chi connectivity index (χ3n) is 5.51. The molecule has 1 amide bonds. The van der Waals surface area contributed by atoms with Gasteiger partial charge >= 0.3 is 6.09 Å². The Morgan fingerprint density at radius 3 is 2.43 bits per heavy atom. The number of carbonyl (C=O) groups excluding carboxylic acids is 1. The average molecular weight is 322 g/mol. The minimum atomic E-state index is -0.423. The molecule has 0 aromatic heterocycles. The molecule has 0 aromatic rings. The molecule has 3 rings (SSSR count). The monoisotopic (exact) mass is 322 g/mol. The highest BCUT2D eigenvalue weighted by molar-refractivity contribution is 5.67. The Hall–Kier alpha value is -0.770. The molecular weight excluding hydrogens is 288 g/mol. The van der Waals surface area contributed by atoms with Gasteiger partial charge in [-0.1, -0.05) is 12.8 Å². The molecule has 0 heterocycles. The van der Waals surface area contributed by atoms with Gasteiger partial charge in [-0.15, -0.1) is 0 Å². The summed E-state index contributed by atoms with van der Waals surface area (Å²) in [6.07, 6.45) is 10.7. The predicted octanol–water partition coefficient (Wildman–Crippen LogP) is 3.85. The van der Waals surface area contributed by atoms with Gasteiger partial charge in [-0.25, -0.2) is 4.79 Å². The van der Waals surface area contributed by atoms with Crippen LogP contribution in [0.3, 0.4) is 0 Å². The van der Waals surface area contributed by atoms with Gasteiger partial charge in [0.15, 0.2) is 0 Å². The molecule has 4 heteroatoms. The zero-order valence-corrected chi connectivity index (χ0v) is 15.1. The summed E-state index contributed by atoms with van der Waals surface area (Å²) < 4.78 is 5.36. The highest BCUT2D eigenvalue weighted by atomic mass is 16.6. The van der Waals surface area contributed by atoms with Gasteiger partial charge < -0.3 is 15.4 Å². The fourth-order valence-electron chi connectivity index (χ4n) is 4.05. The first-order valence-corrected chi connectivity index (χ1v) is 9.63. The van der Waals surface area contributed by atoms with Crippen molar-refractivity contribution in [2.45, 2.75) is 89.8 Å². The smallest absolute Gasteiger partial charge is 0.407 e. The van der Waals surface area contributed by atoms with Crippen molar-refractivity contribution in [3.05, 3.63) is 0 Å². The predicted molar refractivity (Wildman–Crippen MR) is 92.4 cm³/mol. The molecule has 0 aromatic carbocycles. The average Bonchev–Trinajstić information content (AvgIpc) is 3.35. The standard InChI is InChI=1S/C19H34N2O2/c1-19(2,3)23-18(22)20-12-17(14-9-10-14)21-16-6-4-5-15(11-16)13-7-8-13/h13-17,21H,4-12H2,1-3H3,(H,20,22). The Morgan fingerprint density at radius 1 is 1.09 bits per heavy atom. The van der Waals surface area contributed by atoms with E-state index in [9.17, 15) is 4.79 Å². The molecule has 3 saturated carbocycles. The maximum Gasteiger partial charge on any atom is 0.407 e. The Balaban J connectivity index is 1.44. The van der Waals surface area contributed by atoms with Crippen LogP contribution in [0, 0.1) is 17.8 Å². The van der Waals surface area contributed by atoms with Gasteiger partial charge in [0.1, 0.15) is 5.60 Å².